The molecule has 1 saturated heterocycles. The molecule has 3 heterocycles. The SMILES string of the molecule is C[C@H]1CNCc2ccc(N3CCOCC3)nc2O1. The lowest BCUT2D eigenvalue weighted by atomic mass is 10.2. The zero-order valence-corrected chi connectivity index (χ0v) is 10.7. The molecule has 0 amide bonds. The number of fused-ring (bicyclic) bond motifs is 1. The average Bonchev–Trinajstić information content (AvgIpc) is 2.59. The molecular weight excluding hydrogens is 230 g/mol. The van der Waals surface area contributed by atoms with Gasteiger partial charge in [-0.1, -0.05) is 0 Å². The lowest BCUT2D eigenvalue weighted by Gasteiger charge is -2.28. The molecule has 18 heavy (non-hydrogen) atoms. The van der Waals surface area contributed by atoms with Gasteiger partial charge in [-0.15, -0.1) is 0 Å². The van der Waals surface area contributed by atoms with E-state index >= 15 is 0 Å². The van der Waals surface area contributed by atoms with Crippen LogP contribution in [0.1, 0.15) is 12.5 Å². The lowest BCUT2D eigenvalue weighted by Crippen LogP contribution is -2.36. The Morgan fingerprint density at radius 2 is 2.17 bits per heavy atom. The normalized spacial score (nSPS) is 24.1. The summed E-state index contributed by atoms with van der Waals surface area (Å²) in [6.45, 7) is 7.11. The van der Waals surface area contributed by atoms with Crippen LogP contribution in [-0.2, 0) is 11.3 Å². The molecule has 2 aliphatic heterocycles. The van der Waals surface area contributed by atoms with Crippen LogP contribution < -0.4 is 15.0 Å². The van der Waals surface area contributed by atoms with Gasteiger partial charge >= 0.3 is 0 Å². The second kappa shape index (κ2) is 5.12. The smallest absolute Gasteiger partial charge is 0.220 e. The first-order chi connectivity index (χ1) is 8.83. The highest BCUT2D eigenvalue weighted by molar-refractivity contribution is 5.44. The largest absolute Gasteiger partial charge is 0.473 e. The summed E-state index contributed by atoms with van der Waals surface area (Å²) in [5.74, 6) is 1.77. The van der Waals surface area contributed by atoms with E-state index in [9.17, 15) is 0 Å². The number of nitrogens with one attached hydrogen (secondary N) is 1. The number of hydrogen-bond acceptors (Lipinski definition) is 5. The summed E-state index contributed by atoms with van der Waals surface area (Å²) >= 11 is 0. The van der Waals surface area contributed by atoms with E-state index in [4.69, 9.17) is 9.47 Å². The Hall–Kier alpha value is -1.33. The number of nitrogens with zero attached hydrogens (tertiary/aromatic N) is 2. The van der Waals surface area contributed by atoms with Crippen LogP contribution in [0.5, 0.6) is 5.88 Å². The predicted molar refractivity (Wildman–Crippen MR) is 69.1 cm³/mol. The van der Waals surface area contributed by atoms with Crippen LogP contribution in [0.3, 0.4) is 0 Å². The maximum Gasteiger partial charge on any atom is 0.220 e. The molecular formula is C13H19N3O2. The lowest BCUT2D eigenvalue weighted by molar-refractivity contribution is 0.122. The summed E-state index contributed by atoms with van der Waals surface area (Å²) in [5.41, 5.74) is 1.14. The maximum atomic E-state index is 5.86. The highest BCUT2D eigenvalue weighted by Crippen LogP contribution is 2.24. The standard InChI is InChI=1S/C13H19N3O2/c1-10-8-14-9-11-2-3-12(15-13(11)18-10)16-4-6-17-7-5-16/h2-3,10,14H,4-9H2,1H3/t10-/m0/s1. The molecule has 3 rings (SSSR count). The van der Waals surface area contributed by atoms with E-state index < -0.39 is 0 Å². The van der Waals surface area contributed by atoms with Crippen LogP contribution >= 0.6 is 0 Å². The minimum absolute atomic E-state index is 0.165. The highest BCUT2D eigenvalue weighted by Gasteiger charge is 2.18. The quantitative estimate of drug-likeness (QED) is 0.797. The number of aromatic nitrogens is 1. The highest BCUT2D eigenvalue weighted by atomic mass is 16.5. The van der Waals surface area contributed by atoms with E-state index in [0.717, 1.165) is 56.7 Å². The number of ether oxygens (including phenoxy) is 2. The van der Waals surface area contributed by atoms with Crippen LogP contribution in [-0.4, -0.2) is 43.9 Å². The molecule has 0 unspecified atom stereocenters. The van der Waals surface area contributed by atoms with Gasteiger partial charge in [0.05, 0.1) is 13.2 Å². The molecule has 0 saturated carbocycles. The fourth-order valence-electron chi connectivity index (χ4n) is 2.31. The molecule has 0 bridgehead atoms. The van der Waals surface area contributed by atoms with Gasteiger partial charge in [-0.3, -0.25) is 0 Å². The fourth-order valence-corrected chi connectivity index (χ4v) is 2.31. The van der Waals surface area contributed by atoms with Gasteiger partial charge in [0.25, 0.3) is 0 Å². The van der Waals surface area contributed by atoms with Gasteiger partial charge in [-0.25, -0.2) is 0 Å². The third-order valence-electron chi connectivity index (χ3n) is 3.32. The first-order valence-electron chi connectivity index (χ1n) is 6.53. The number of rotatable bonds is 1. The second-order valence-corrected chi connectivity index (χ2v) is 4.79. The van der Waals surface area contributed by atoms with Gasteiger partial charge in [0.15, 0.2) is 0 Å². The van der Waals surface area contributed by atoms with Gasteiger partial charge in [-0.05, 0) is 19.1 Å². The van der Waals surface area contributed by atoms with E-state index in [-0.39, 0.29) is 6.10 Å². The number of morpholine rings is 1. The van der Waals surface area contributed by atoms with Crippen molar-refractivity contribution in [2.45, 2.75) is 19.6 Å². The van der Waals surface area contributed by atoms with Gasteiger partial charge in [0.1, 0.15) is 11.9 Å². The number of anilines is 1. The second-order valence-electron chi connectivity index (χ2n) is 4.79. The van der Waals surface area contributed by atoms with E-state index in [2.05, 4.69) is 34.3 Å². The average molecular weight is 249 g/mol. The van der Waals surface area contributed by atoms with E-state index in [1.54, 1.807) is 0 Å². The van der Waals surface area contributed by atoms with Crippen LogP contribution in [0.2, 0.25) is 0 Å². The Bertz CT molecular complexity index is 419. The van der Waals surface area contributed by atoms with Gasteiger partial charge < -0.3 is 19.7 Å². The first kappa shape index (κ1) is 11.7. The first-order valence-corrected chi connectivity index (χ1v) is 6.53. The summed E-state index contributed by atoms with van der Waals surface area (Å²) < 4.78 is 11.2. The summed E-state index contributed by atoms with van der Waals surface area (Å²) in [7, 11) is 0. The van der Waals surface area contributed by atoms with Gasteiger partial charge in [0, 0.05) is 31.7 Å². The van der Waals surface area contributed by atoms with Crippen molar-refractivity contribution in [1.82, 2.24) is 10.3 Å². The van der Waals surface area contributed by atoms with E-state index in [0.29, 0.717) is 0 Å². The Morgan fingerprint density at radius 3 is 3.00 bits per heavy atom. The van der Waals surface area contributed by atoms with Crippen molar-refractivity contribution in [3.05, 3.63) is 17.7 Å². The molecule has 0 aromatic carbocycles. The molecule has 2 aliphatic rings. The number of hydrogen-bond donors (Lipinski definition) is 1. The minimum Gasteiger partial charge on any atom is -0.473 e. The number of pyridine rings is 1. The van der Waals surface area contributed by atoms with Crippen LogP contribution in [0.25, 0.3) is 0 Å². The van der Waals surface area contributed by atoms with Gasteiger partial charge in [0.2, 0.25) is 5.88 Å². The van der Waals surface area contributed by atoms with Crippen molar-refractivity contribution in [2.24, 2.45) is 0 Å². The van der Waals surface area contributed by atoms with Crippen molar-refractivity contribution in [3.8, 4) is 5.88 Å². The zero-order chi connectivity index (χ0) is 12.4. The summed E-state index contributed by atoms with van der Waals surface area (Å²) in [6.07, 6.45) is 0.165. The van der Waals surface area contributed by atoms with E-state index in [1.807, 2.05) is 0 Å². The Morgan fingerprint density at radius 1 is 1.33 bits per heavy atom. The molecule has 5 nitrogen and oxygen atoms in total. The molecule has 1 atom stereocenters. The Balaban J connectivity index is 1.84. The summed E-state index contributed by atoms with van der Waals surface area (Å²) in [6, 6.07) is 4.18. The molecule has 0 spiro atoms. The van der Waals surface area contributed by atoms with Crippen molar-refractivity contribution >= 4 is 5.82 Å². The monoisotopic (exact) mass is 249 g/mol. The van der Waals surface area contributed by atoms with Crippen LogP contribution in [0, 0.1) is 0 Å². The van der Waals surface area contributed by atoms with Crippen LogP contribution in [0.4, 0.5) is 5.82 Å². The zero-order valence-electron chi connectivity index (χ0n) is 10.7. The predicted octanol–water partition coefficient (Wildman–Crippen LogP) is 0.789. The molecule has 0 radical (unpaired) electrons. The maximum absolute atomic E-state index is 5.86. The Kier molecular flexibility index (Phi) is 3.34. The molecule has 1 fully saturated rings. The molecule has 0 aliphatic carbocycles. The molecule has 98 valence electrons. The van der Waals surface area contributed by atoms with Crippen molar-refractivity contribution < 1.29 is 9.47 Å². The summed E-state index contributed by atoms with van der Waals surface area (Å²) in [4.78, 5) is 6.90. The van der Waals surface area contributed by atoms with E-state index in [1.165, 1.54) is 0 Å². The van der Waals surface area contributed by atoms with Crippen molar-refractivity contribution in [2.75, 3.05) is 37.7 Å². The third kappa shape index (κ3) is 2.42. The third-order valence-corrected chi connectivity index (χ3v) is 3.32. The fraction of sp³-hybridized carbons (Fsp3) is 0.615. The molecule has 1 aromatic heterocycles. The van der Waals surface area contributed by atoms with Crippen molar-refractivity contribution in [3.63, 3.8) is 0 Å². The topological polar surface area (TPSA) is 46.6 Å². The summed E-state index contributed by atoms with van der Waals surface area (Å²) in [5, 5.41) is 3.35. The minimum atomic E-state index is 0.165. The van der Waals surface area contributed by atoms with Crippen molar-refractivity contribution in [1.29, 1.82) is 0 Å². The molecule has 1 aromatic rings. The molecule has 1 N–H and O–H groups in total. The van der Waals surface area contributed by atoms with Gasteiger partial charge in [-0.2, -0.15) is 4.98 Å². The van der Waals surface area contributed by atoms with Crippen LogP contribution in [0.15, 0.2) is 12.1 Å². The molecule has 5 heteroatoms. The Labute approximate surface area is 107 Å².